The molecule has 0 unspecified atom stereocenters. The third-order valence-electron chi connectivity index (χ3n) is 8.53. The van der Waals surface area contributed by atoms with E-state index in [2.05, 4.69) is 27.7 Å². The summed E-state index contributed by atoms with van der Waals surface area (Å²) in [4.78, 5) is 25.4. The second-order valence-electron chi connectivity index (χ2n) is 10.0. The molecule has 3 rings (SSSR count). The van der Waals surface area contributed by atoms with Gasteiger partial charge in [-0.3, -0.25) is 9.59 Å². The van der Waals surface area contributed by atoms with Gasteiger partial charge in [0.1, 0.15) is 11.7 Å². The molecule has 0 spiro atoms. The first kappa shape index (κ1) is 18.9. The van der Waals surface area contributed by atoms with E-state index in [-0.39, 0.29) is 40.0 Å². The number of aliphatic hydroxyl groups excluding tert-OH is 1. The van der Waals surface area contributed by atoms with Crippen LogP contribution in [0.1, 0.15) is 66.7 Å². The number of Topliss-reactive ketones (excluding diaryl/α,β-unsaturated/α-hetero) is 1. The smallest absolute Gasteiger partial charge is 0.316 e. The average molecular weight is 350 g/mol. The fraction of sp³-hybridized carbons (Fsp3) is 0.905. The lowest BCUT2D eigenvalue weighted by Crippen LogP contribution is -2.64. The minimum absolute atomic E-state index is 0.0525. The Kier molecular flexibility index (Phi) is 4.38. The maximum absolute atomic E-state index is 12.9. The van der Waals surface area contributed by atoms with Gasteiger partial charge in [0.25, 0.3) is 0 Å². The minimum atomic E-state index is -0.640. The van der Waals surface area contributed by atoms with Crippen LogP contribution in [0.3, 0.4) is 0 Å². The Morgan fingerprint density at radius 1 is 1.08 bits per heavy atom. The quantitative estimate of drug-likeness (QED) is 0.580. The van der Waals surface area contributed by atoms with Crippen molar-refractivity contribution >= 4 is 11.8 Å². The summed E-state index contributed by atoms with van der Waals surface area (Å²) in [7, 11) is 1.39. The van der Waals surface area contributed by atoms with Crippen LogP contribution in [0, 0.1) is 39.9 Å². The summed E-state index contributed by atoms with van der Waals surface area (Å²) in [5.74, 6) is -0.321. The lowest BCUT2D eigenvalue weighted by atomic mass is 9.38. The molecule has 3 aliphatic rings. The molecule has 0 saturated heterocycles. The van der Waals surface area contributed by atoms with Crippen LogP contribution < -0.4 is 0 Å². The van der Waals surface area contributed by atoms with Crippen molar-refractivity contribution in [3.05, 3.63) is 0 Å². The largest absolute Gasteiger partial charge is 0.468 e. The van der Waals surface area contributed by atoms with Gasteiger partial charge in [0.15, 0.2) is 0 Å². The highest BCUT2D eigenvalue weighted by molar-refractivity contribution is 6.01. The van der Waals surface area contributed by atoms with Crippen molar-refractivity contribution in [3.63, 3.8) is 0 Å². The van der Waals surface area contributed by atoms with Crippen molar-refractivity contribution in [2.45, 2.75) is 72.8 Å². The molecule has 7 atom stereocenters. The standard InChI is InChI=1S/C21H34O4/c1-12-11-14-20(4)10-8-15(22)19(2,3)13(20)7-9-21(14,5)16(17(12)23)18(24)25-6/h12-16,22H,7-11H2,1-6H3/t12-,13+,14-,15+,16+,20+,21-/m0/s1. The molecule has 3 fully saturated rings. The zero-order valence-corrected chi connectivity index (χ0v) is 16.6. The predicted molar refractivity (Wildman–Crippen MR) is 95.7 cm³/mol. The summed E-state index contributed by atoms with van der Waals surface area (Å²) in [5, 5.41) is 10.6. The molecular weight excluding hydrogens is 316 g/mol. The Bertz CT molecular complexity index is 582. The van der Waals surface area contributed by atoms with Crippen LogP contribution in [0.15, 0.2) is 0 Å². The normalized spacial score (nSPS) is 49.1. The summed E-state index contributed by atoms with van der Waals surface area (Å²) in [6.07, 6.45) is 4.17. The van der Waals surface area contributed by atoms with Gasteiger partial charge >= 0.3 is 5.97 Å². The van der Waals surface area contributed by atoms with Crippen molar-refractivity contribution < 1.29 is 19.4 Å². The van der Waals surface area contributed by atoms with E-state index in [1.165, 1.54) is 7.11 Å². The third kappa shape index (κ3) is 2.43. The number of fused-ring (bicyclic) bond motifs is 3. The first-order chi connectivity index (χ1) is 11.5. The fourth-order valence-corrected chi connectivity index (χ4v) is 7.04. The SMILES string of the molecule is COC(=O)[C@H]1C(=O)[C@@H](C)C[C@H]2[C@]3(C)CC[C@@H](O)C(C)(C)[C@H]3CC[C@]12C. The first-order valence-corrected chi connectivity index (χ1v) is 9.79. The zero-order chi connectivity index (χ0) is 18.8. The van der Waals surface area contributed by atoms with E-state index in [1.54, 1.807) is 0 Å². The molecule has 0 amide bonds. The lowest BCUT2D eigenvalue weighted by Gasteiger charge is -2.66. The first-order valence-electron chi connectivity index (χ1n) is 9.79. The Hall–Kier alpha value is -0.900. The number of carbonyl (C=O) groups excluding carboxylic acids is 2. The summed E-state index contributed by atoms with van der Waals surface area (Å²) < 4.78 is 5.05. The number of rotatable bonds is 1. The molecule has 0 aromatic carbocycles. The maximum atomic E-state index is 12.9. The van der Waals surface area contributed by atoms with E-state index in [0.29, 0.717) is 11.8 Å². The van der Waals surface area contributed by atoms with Gasteiger partial charge in [0.2, 0.25) is 0 Å². The van der Waals surface area contributed by atoms with Crippen molar-refractivity contribution in [2.24, 2.45) is 39.9 Å². The van der Waals surface area contributed by atoms with Gasteiger partial charge in [-0.25, -0.2) is 0 Å². The molecule has 1 N–H and O–H groups in total. The molecule has 4 heteroatoms. The van der Waals surface area contributed by atoms with Crippen molar-refractivity contribution in [1.29, 1.82) is 0 Å². The zero-order valence-electron chi connectivity index (χ0n) is 16.6. The number of aliphatic hydroxyl groups is 1. The summed E-state index contributed by atoms with van der Waals surface area (Å²) in [5.41, 5.74) is -0.406. The van der Waals surface area contributed by atoms with Crippen LogP contribution in [0.2, 0.25) is 0 Å². The third-order valence-corrected chi connectivity index (χ3v) is 8.53. The summed E-state index contributed by atoms with van der Waals surface area (Å²) >= 11 is 0. The van der Waals surface area contributed by atoms with Crippen molar-refractivity contribution in [2.75, 3.05) is 7.11 Å². The highest BCUT2D eigenvalue weighted by Gasteiger charge is 2.66. The highest BCUT2D eigenvalue weighted by Crippen LogP contribution is 2.68. The van der Waals surface area contributed by atoms with E-state index >= 15 is 0 Å². The number of ketones is 1. The summed E-state index contributed by atoms with van der Waals surface area (Å²) in [6.45, 7) is 10.8. The second kappa shape index (κ2) is 5.80. The van der Waals surface area contributed by atoms with Gasteiger partial charge in [-0.05, 0) is 60.2 Å². The number of methoxy groups -OCH3 is 1. The fourth-order valence-electron chi connectivity index (χ4n) is 7.04. The number of esters is 1. The molecular formula is C21H34O4. The van der Waals surface area contributed by atoms with Gasteiger partial charge in [0, 0.05) is 5.92 Å². The molecule has 0 aromatic heterocycles. The van der Waals surface area contributed by atoms with E-state index < -0.39 is 5.92 Å². The molecule has 4 nitrogen and oxygen atoms in total. The van der Waals surface area contributed by atoms with Gasteiger partial charge < -0.3 is 9.84 Å². The Labute approximate surface area is 151 Å². The molecule has 0 aliphatic heterocycles. The van der Waals surface area contributed by atoms with E-state index in [0.717, 1.165) is 32.1 Å². The number of hydrogen-bond donors (Lipinski definition) is 1. The van der Waals surface area contributed by atoms with Crippen LogP contribution in [0.4, 0.5) is 0 Å². The number of carbonyl (C=O) groups is 2. The van der Waals surface area contributed by atoms with Crippen LogP contribution >= 0.6 is 0 Å². The van der Waals surface area contributed by atoms with Gasteiger partial charge in [0.05, 0.1) is 13.2 Å². The van der Waals surface area contributed by atoms with Gasteiger partial charge in [-0.2, -0.15) is 0 Å². The lowest BCUT2D eigenvalue weighted by molar-refractivity contribution is -0.204. The predicted octanol–water partition coefficient (Wildman–Crippen LogP) is 3.60. The number of hydrogen-bond acceptors (Lipinski definition) is 4. The van der Waals surface area contributed by atoms with E-state index in [9.17, 15) is 14.7 Å². The van der Waals surface area contributed by atoms with Crippen LogP contribution in [-0.4, -0.2) is 30.1 Å². The van der Waals surface area contributed by atoms with Crippen molar-refractivity contribution in [1.82, 2.24) is 0 Å². The molecule has 3 saturated carbocycles. The molecule has 0 radical (unpaired) electrons. The van der Waals surface area contributed by atoms with Gasteiger partial charge in [-0.1, -0.05) is 34.6 Å². The maximum Gasteiger partial charge on any atom is 0.316 e. The molecule has 0 aromatic rings. The number of ether oxygens (including phenoxy) is 1. The average Bonchev–Trinajstić information content (AvgIpc) is 2.53. The van der Waals surface area contributed by atoms with Gasteiger partial charge in [-0.15, -0.1) is 0 Å². The molecule has 0 heterocycles. The van der Waals surface area contributed by atoms with E-state index in [1.807, 2.05) is 6.92 Å². The second-order valence-corrected chi connectivity index (χ2v) is 10.0. The highest BCUT2D eigenvalue weighted by atomic mass is 16.5. The topological polar surface area (TPSA) is 63.6 Å². The molecule has 142 valence electrons. The summed E-state index contributed by atoms with van der Waals surface area (Å²) in [6, 6.07) is 0. The Morgan fingerprint density at radius 2 is 1.68 bits per heavy atom. The van der Waals surface area contributed by atoms with E-state index in [4.69, 9.17) is 4.74 Å². The van der Waals surface area contributed by atoms with Crippen LogP contribution in [-0.2, 0) is 14.3 Å². The van der Waals surface area contributed by atoms with Crippen LogP contribution in [0.5, 0.6) is 0 Å². The van der Waals surface area contributed by atoms with Crippen LogP contribution in [0.25, 0.3) is 0 Å². The molecule has 0 bridgehead atoms. The monoisotopic (exact) mass is 350 g/mol. The molecule has 25 heavy (non-hydrogen) atoms. The van der Waals surface area contributed by atoms with Crippen molar-refractivity contribution in [3.8, 4) is 0 Å². The Balaban J connectivity index is 2.07. The minimum Gasteiger partial charge on any atom is -0.468 e. The molecule has 3 aliphatic carbocycles. The Morgan fingerprint density at radius 3 is 2.28 bits per heavy atom.